The van der Waals surface area contributed by atoms with Gasteiger partial charge in [-0.05, 0) is 33.8 Å². The quantitative estimate of drug-likeness (QED) is 0.845. The monoisotopic (exact) mass is 306 g/mol. The van der Waals surface area contributed by atoms with Crippen molar-refractivity contribution in [3.05, 3.63) is 24.0 Å². The number of pyridine rings is 1. The first kappa shape index (κ1) is 18.7. The highest BCUT2D eigenvalue weighted by Crippen LogP contribution is 2.36. The number of aromatic nitrogens is 1. The van der Waals surface area contributed by atoms with Gasteiger partial charge in [0.05, 0.1) is 16.9 Å². The molecule has 1 aromatic rings. The Bertz CT molecular complexity index is 397. The number of nitrogens with zero attached hydrogens (tertiary/aromatic N) is 1. The highest BCUT2D eigenvalue weighted by atomic mass is 35.5. The number of hydrogen-bond acceptors (Lipinski definition) is 4. The molecule has 1 aliphatic heterocycles. The molecule has 1 aromatic heterocycles. The molecule has 1 fully saturated rings. The van der Waals surface area contributed by atoms with E-state index >= 15 is 0 Å². The van der Waals surface area contributed by atoms with Crippen molar-refractivity contribution < 1.29 is 9.31 Å². The zero-order valence-electron chi connectivity index (χ0n) is 11.7. The molecular weight excluding hydrogens is 286 g/mol. The van der Waals surface area contributed by atoms with Crippen molar-refractivity contribution in [3.63, 3.8) is 0 Å². The second kappa shape index (κ2) is 6.42. The molecule has 2 N–H and O–H groups in total. The minimum atomic E-state index is -0.348. The lowest BCUT2D eigenvalue weighted by molar-refractivity contribution is 0.00578. The van der Waals surface area contributed by atoms with E-state index in [1.54, 1.807) is 6.20 Å². The minimum Gasteiger partial charge on any atom is -0.399 e. The van der Waals surface area contributed by atoms with Crippen LogP contribution in [0.4, 0.5) is 0 Å². The third kappa shape index (κ3) is 3.61. The van der Waals surface area contributed by atoms with Gasteiger partial charge in [-0.3, -0.25) is 4.98 Å². The SMILES string of the molecule is CC1(C)OB(c2ccc(CN)nc2)OC1(C)C.Cl.Cl. The summed E-state index contributed by atoms with van der Waals surface area (Å²) in [4.78, 5) is 4.25. The first-order chi connectivity index (χ1) is 7.86. The van der Waals surface area contributed by atoms with Gasteiger partial charge >= 0.3 is 7.12 Å². The molecule has 0 spiro atoms. The Kier molecular flexibility index (Phi) is 6.31. The highest BCUT2D eigenvalue weighted by Gasteiger charge is 2.51. The number of hydrogen-bond donors (Lipinski definition) is 1. The number of nitrogens with two attached hydrogens (primary N) is 1. The second-order valence-corrected chi connectivity index (χ2v) is 5.38. The highest BCUT2D eigenvalue weighted by molar-refractivity contribution is 6.62. The van der Waals surface area contributed by atoms with Crippen LogP contribution in [-0.2, 0) is 15.9 Å². The zero-order chi connectivity index (χ0) is 12.7. The zero-order valence-corrected chi connectivity index (χ0v) is 13.3. The predicted molar refractivity (Wildman–Crippen MR) is 82.3 cm³/mol. The van der Waals surface area contributed by atoms with Crippen molar-refractivity contribution in [3.8, 4) is 0 Å². The van der Waals surface area contributed by atoms with Crippen molar-refractivity contribution in [2.24, 2.45) is 5.73 Å². The van der Waals surface area contributed by atoms with Crippen molar-refractivity contribution in [2.45, 2.75) is 45.4 Å². The standard InChI is InChI=1S/C12H19BN2O2.2ClH/c1-11(2)12(3,4)17-13(16-11)9-5-6-10(7-14)15-8-9;;/h5-6,8H,7,14H2,1-4H3;2*1H. The summed E-state index contributed by atoms with van der Waals surface area (Å²) in [5.41, 5.74) is 6.68. The summed E-state index contributed by atoms with van der Waals surface area (Å²) in [6, 6.07) is 3.86. The van der Waals surface area contributed by atoms with Crippen molar-refractivity contribution in [1.29, 1.82) is 0 Å². The Balaban J connectivity index is 0.00000162. The van der Waals surface area contributed by atoms with Gasteiger partial charge in [-0.2, -0.15) is 0 Å². The molecule has 4 nitrogen and oxygen atoms in total. The normalized spacial score (nSPS) is 19.5. The average Bonchev–Trinajstić information content (AvgIpc) is 2.48. The summed E-state index contributed by atoms with van der Waals surface area (Å²) < 4.78 is 11.9. The fourth-order valence-electron chi connectivity index (χ4n) is 1.68. The summed E-state index contributed by atoms with van der Waals surface area (Å²) in [6.45, 7) is 8.59. The fourth-order valence-corrected chi connectivity index (χ4v) is 1.68. The van der Waals surface area contributed by atoms with Gasteiger partial charge in [0.2, 0.25) is 0 Å². The Labute approximate surface area is 127 Å². The van der Waals surface area contributed by atoms with Gasteiger partial charge in [-0.1, -0.05) is 6.07 Å². The molecule has 0 unspecified atom stereocenters. The smallest absolute Gasteiger partial charge is 0.399 e. The van der Waals surface area contributed by atoms with Crippen LogP contribution in [0, 0.1) is 0 Å². The van der Waals surface area contributed by atoms with Crippen LogP contribution in [0.15, 0.2) is 18.3 Å². The molecule has 2 heterocycles. The van der Waals surface area contributed by atoms with Crippen molar-refractivity contribution >= 4 is 37.4 Å². The fraction of sp³-hybridized carbons (Fsp3) is 0.583. The topological polar surface area (TPSA) is 57.4 Å². The minimum absolute atomic E-state index is 0. The summed E-state index contributed by atoms with van der Waals surface area (Å²) >= 11 is 0. The maximum atomic E-state index is 5.93. The summed E-state index contributed by atoms with van der Waals surface area (Å²) in [5.74, 6) is 0. The van der Waals surface area contributed by atoms with Gasteiger partial charge < -0.3 is 15.0 Å². The molecule has 0 aliphatic carbocycles. The van der Waals surface area contributed by atoms with Gasteiger partial charge in [0.1, 0.15) is 0 Å². The third-order valence-corrected chi connectivity index (χ3v) is 3.58. The largest absolute Gasteiger partial charge is 0.496 e. The van der Waals surface area contributed by atoms with Gasteiger partial charge in [0.15, 0.2) is 0 Å². The van der Waals surface area contributed by atoms with Gasteiger partial charge in [0, 0.05) is 18.2 Å². The Morgan fingerprint density at radius 2 is 1.63 bits per heavy atom. The summed E-state index contributed by atoms with van der Waals surface area (Å²) in [5, 5.41) is 0. The molecule has 0 aromatic carbocycles. The first-order valence-corrected chi connectivity index (χ1v) is 5.86. The molecular formula is C12H21BCl2N2O2. The number of rotatable bonds is 2. The van der Waals surface area contributed by atoms with E-state index in [0.29, 0.717) is 6.54 Å². The average molecular weight is 307 g/mol. The Hall–Kier alpha value is -0.325. The predicted octanol–water partition coefficient (Wildman–Crippen LogP) is 1.68. The van der Waals surface area contributed by atoms with E-state index in [1.165, 1.54) is 0 Å². The summed E-state index contributed by atoms with van der Waals surface area (Å²) in [7, 11) is -0.348. The van der Waals surface area contributed by atoms with E-state index in [9.17, 15) is 0 Å². The van der Waals surface area contributed by atoms with E-state index < -0.39 is 0 Å². The molecule has 0 amide bonds. The Morgan fingerprint density at radius 3 is 2.00 bits per heavy atom. The van der Waals surface area contributed by atoms with Gasteiger partial charge in [-0.25, -0.2) is 0 Å². The van der Waals surface area contributed by atoms with Crippen molar-refractivity contribution in [2.75, 3.05) is 0 Å². The Morgan fingerprint density at radius 1 is 1.11 bits per heavy atom. The molecule has 2 rings (SSSR count). The molecule has 1 aliphatic rings. The van der Waals surface area contributed by atoms with Crippen LogP contribution < -0.4 is 11.2 Å². The molecule has 0 saturated carbocycles. The van der Waals surface area contributed by atoms with Crippen LogP contribution in [-0.4, -0.2) is 23.3 Å². The van der Waals surface area contributed by atoms with E-state index in [2.05, 4.69) is 4.98 Å². The van der Waals surface area contributed by atoms with Gasteiger partial charge in [0.25, 0.3) is 0 Å². The van der Waals surface area contributed by atoms with E-state index in [1.807, 2.05) is 39.8 Å². The van der Waals surface area contributed by atoms with Gasteiger partial charge in [-0.15, -0.1) is 24.8 Å². The van der Waals surface area contributed by atoms with E-state index in [4.69, 9.17) is 15.0 Å². The molecule has 0 bridgehead atoms. The lowest BCUT2D eigenvalue weighted by Crippen LogP contribution is -2.41. The molecule has 108 valence electrons. The molecule has 7 heteroatoms. The summed E-state index contributed by atoms with van der Waals surface area (Å²) in [6.07, 6.45) is 1.77. The molecule has 0 radical (unpaired) electrons. The molecule has 0 atom stereocenters. The maximum absolute atomic E-state index is 5.93. The second-order valence-electron chi connectivity index (χ2n) is 5.38. The van der Waals surface area contributed by atoms with Crippen LogP contribution in [0.5, 0.6) is 0 Å². The molecule has 19 heavy (non-hydrogen) atoms. The van der Waals surface area contributed by atoms with Crippen LogP contribution in [0.3, 0.4) is 0 Å². The van der Waals surface area contributed by atoms with Crippen LogP contribution in [0.25, 0.3) is 0 Å². The molecule has 1 saturated heterocycles. The maximum Gasteiger partial charge on any atom is 0.496 e. The van der Waals surface area contributed by atoms with E-state index in [-0.39, 0.29) is 43.1 Å². The lowest BCUT2D eigenvalue weighted by atomic mass is 9.80. The van der Waals surface area contributed by atoms with Crippen LogP contribution in [0.1, 0.15) is 33.4 Å². The van der Waals surface area contributed by atoms with Crippen LogP contribution in [0.2, 0.25) is 0 Å². The van der Waals surface area contributed by atoms with E-state index in [0.717, 1.165) is 11.2 Å². The number of halogens is 2. The van der Waals surface area contributed by atoms with Crippen molar-refractivity contribution in [1.82, 2.24) is 4.98 Å². The van der Waals surface area contributed by atoms with Crippen LogP contribution >= 0.6 is 24.8 Å². The lowest BCUT2D eigenvalue weighted by Gasteiger charge is -2.32. The first-order valence-electron chi connectivity index (χ1n) is 5.86. The third-order valence-electron chi connectivity index (χ3n) is 3.58.